The predicted molar refractivity (Wildman–Crippen MR) is 146 cm³/mol. The second-order valence-corrected chi connectivity index (χ2v) is 14.4. The van der Waals surface area contributed by atoms with Crippen LogP contribution in [-0.2, 0) is 20.9 Å². The maximum absolute atomic E-state index is 13.6. The topological polar surface area (TPSA) is 46.6 Å². The lowest BCUT2D eigenvalue weighted by Crippen LogP contribution is -2.63. The first kappa shape index (κ1) is 25.6. The Morgan fingerprint density at radius 2 is 1.76 bits per heavy atom. The van der Waals surface area contributed by atoms with E-state index in [1.165, 1.54) is 24.8 Å². The highest BCUT2D eigenvalue weighted by Gasteiger charge is 2.62. The molecule has 1 aromatic rings. The summed E-state index contributed by atoms with van der Waals surface area (Å²) in [5, 5.41) is 0. The van der Waals surface area contributed by atoms with Gasteiger partial charge in [0.2, 0.25) is 0 Å². The van der Waals surface area contributed by atoms with Gasteiger partial charge in [0.25, 0.3) is 0 Å². The zero-order chi connectivity index (χ0) is 26.0. The molecule has 4 aliphatic carbocycles. The standard InChI is InChI=1S/C33H47NO3/c1-22(2)18-28-30(36)37-33(21-34(28)20-23-8-6-5-7-9-23)17-16-31(3)24(19-33)10-11-25-26-12-13-29(35)32(26,4)15-14-27(25)31/h5-9,22,24-28H,10-21H2,1-4H3/t24-,25-,26-,27-,28-,31-,32-,33+/m0/s1. The minimum atomic E-state index is -0.344. The van der Waals surface area contributed by atoms with Crippen LogP contribution < -0.4 is 0 Å². The minimum absolute atomic E-state index is 0.00562. The SMILES string of the molecule is CC(C)C[C@H]1C(=O)O[C@@]2(CC[C@@]3(C)[C@@H](CC[C@@H]4[C@@H]3CC[C@]3(C)C(=O)CC[C@@H]43)C2)CN1Cc1ccccc1. The summed E-state index contributed by atoms with van der Waals surface area (Å²) in [5.41, 5.74) is 1.19. The number of carbonyl (C=O) groups excluding carboxylic acids is 2. The van der Waals surface area contributed by atoms with Gasteiger partial charge in [-0.25, -0.2) is 0 Å². The van der Waals surface area contributed by atoms with E-state index in [2.05, 4.69) is 62.9 Å². The highest BCUT2D eigenvalue weighted by Crippen LogP contribution is 2.66. The number of nitrogens with zero attached hydrogens (tertiary/aromatic N) is 1. The van der Waals surface area contributed by atoms with Crippen LogP contribution >= 0.6 is 0 Å². The lowest BCUT2D eigenvalue weighted by molar-refractivity contribution is -0.209. The van der Waals surface area contributed by atoms with Gasteiger partial charge in [0.1, 0.15) is 17.4 Å². The molecule has 0 N–H and O–H groups in total. The third kappa shape index (κ3) is 4.21. The van der Waals surface area contributed by atoms with Crippen molar-refractivity contribution in [3.05, 3.63) is 35.9 Å². The Labute approximate surface area is 223 Å². The molecule has 0 aromatic heterocycles. The molecule has 4 nitrogen and oxygen atoms in total. The Kier molecular flexibility index (Phi) is 6.37. The van der Waals surface area contributed by atoms with E-state index in [4.69, 9.17) is 4.74 Å². The molecule has 37 heavy (non-hydrogen) atoms. The summed E-state index contributed by atoms with van der Waals surface area (Å²) in [6.45, 7) is 10.9. The smallest absolute Gasteiger partial charge is 0.323 e. The van der Waals surface area contributed by atoms with Crippen molar-refractivity contribution >= 4 is 11.8 Å². The molecule has 0 unspecified atom stereocenters. The molecule has 4 heteroatoms. The van der Waals surface area contributed by atoms with E-state index in [0.717, 1.165) is 64.0 Å². The third-order valence-electron chi connectivity index (χ3n) is 12.0. The van der Waals surface area contributed by atoms with Crippen LogP contribution in [0.3, 0.4) is 0 Å². The van der Waals surface area contributed by atoms with Crippen molar-refractivity contribution in [1.82, 2.24) is 4.90 Å². The minimum Gasteiger partial charge on any atom is -0.457 e. The summed E-state index contributed by atoms with van der Waals surface area (Å²) >= 11 is 0. The van der Waals surface area contributed by atoms with Gasteiger partial charge in [-0.05, 0) is 98.4 Å². The van der Waals surface area contributed by atoms with Crippen LogP contribution in [0.15, 0.2) is 30.3 Å². The number of ketones is 1. The Hall–Kier alpha value is -1.68. The molecule has 8 atom stereocenters. The molecule has 1 spiro atoms. The van der Waals surface area contributed by atoms with Crippen molar-refractivity contribution in [2.75, 3.05) is 6.54 Å². The monoisotopic (exact) mass is 505 g/mol. The average Bonchev–Trinajstić information content (AvgIpc) is 3.17. The number of hydrogen-bond donors (Lipinski definition) is 0. The number of carbonyl (C=O) groups is 2. The first-order valence-corrected chi connectivity index (χ1v) is 15.2. The Balaban J connectivity index is 1.22. The van der Waals surface area contributed by atoms with E-state index in [0.29, 0.717) is 34.9 Å². The number of Topliss-reactive ketones (excluding diaryl/α,β-unsaturated/α-hetero) is 1. The second-order valence-electron chi connectivity index (χ2n) is 14.4. The first-order chi connectivity index (χ1) is 17.6. The van der Waals surface area contributed by atoms with Crippen LogP contribution in [0.2, 0.25) is 0 Å². The molecule has 0 amide bonds. The predicted octanol–water partition coefficient (Wildman–Crippen LogP) is 6.81. The van der Waals surface area contributed by atoms with Crippen LogP contribution in [0.1, 0.15) is 97.5 Å². The fourth-order valence-electron chi connectivity index (χ4n) is 9.93. The van der Waals surface area contributed by atoms with Gasteiger partial charge < -0.3 is 4.74 Å². The Morgan fingerprint density at radius 3 is 2.51 bits per heavy atom. The van der Waals surface area contributed by atoms with Gasteiger partial charge in [-0.1, -0.05) is 58.0 Å². The summed E-state index contributed by atoms with van der Waals surface area (Å²) < 4.78 is 6.50. The van der Waals surface area contributed by atoms with Crippen molar-refractivity contribution in [2.45, 2.75) is 110 Å². The number of ether oxygens (including phenoxy) is 1. The summed E-state index contributed by atoms with van der Waals surface area (Å²) in [5.74, 6) is 3.63. The van der Waals surface area contributed by atoms with Gasteiger partial charge in [0, 0.05) is 24.9 Å². The Morgan fingerprint density at radius 1 is 0.973 bits per heavy atom. The Bertz CT molecular complexity index is 1040. The molecule has 4 saturated carbocycles. The normalized spacial score (nSPS) is 43.9. The average molecular weight is 506 g/mol. The van der Waals surface area contributed by atoms with E-state index in [-0.39, 0.29) is 23.0 Å². The van der Waals surface area contributed by atoms with E-state index in [1.807, 2.05) is 0 Å². The largest absolute Gasteiger partial charge is 0.457 e. The maximum Gasteiger partial charge on any atom is 0.323 e. The van der Waals surface area contributed by atoms with Gasteiger partial charge in [0.15, 0.2) is 0 Å². The van der Waals surface area contributed by atoms with Crippen molar-refractivity contribution in [2.24, 2.45) is 40.4 Å². The van der Waals surface area contributed by atoms with E-state index in [9.17, 15) is 9.59 Å². The molecule has 1 aromatic carbocycles. The van der Waals surface area contributed by atoms with Crippen LogP contribution in [0, 0.1) is 40.4 Å². The highest BCUT2D eigenvalue weighted by atomic mass is 16.6. The van der Waals surface area contributed by atoms with Gasteiger partial charge >= 0.3 is 5.97 Å². The molecule has 1 heterocycles. The quantitative estimate of drug-likeness (QED) is 0.422. The van der Waals surface area contributed by atoms with Gasteiger partial charge in [0.05, 0.1) is 0 Å². The van der Waals surface area contributed by atoms with Gasteiger partial charge in [-0.2, -0.15) is 0 Å². The van der Waals surface area contributed by atoms with Crippen molar-refractivity contribution < 1.29 is 14.3 Å². The molecule has 1 aliphatic heterocycles. The fourth-order valence-corrected chi connectivity index (χ4v) is 9.93. The molecule has 1 saturated heterocycles. The molecular weight excluding hydrogens is 458 g/mol. The summed E-state index contributed by atoms with van der Waals surface area (Å²) in [7, 11) is 0. The molecule has 0 radical (unpaired) electrons. The van der Waals surface area contributed by atoms with Crippen molar-refractivity contribution in [1.29, 1.82) is 0 Å². The summed E-state index contributed by atoms with van der Waals surface area (Å²) in [6.07, 6.45) is 10.7. The number of fused-ring (bicyclic) bond motifs is 5. The first-order valence-electron chi connectivity index (χ1n) is 15.2. The highest BCUT2D eigenvalue weighted by molar-refractivity contribution is 5.87. The van der Waals surface area contributed by atoms with Crippen LogP contribution in [0.25, 0.3) is 0 Å². The summed E-state index contributed by atoms with van der Waals surface area (Å²) in [6, 6.07) is 10.5. The molecular formula is C33H47NO3. The van der Waals surface area contributed by atoms with Crippen LogP contribution in [-0.4, -0.2) is 34.8 Å². The molecule has 0 bridgehead atoms. The fraction of sp³-hybridized carbons (Fsp3) is 0.758. The van der Waals surface area contributed by atoms with E-state index in [1.54, 1.807) is 0 Å². The second kappa shape index (κ2) is 9.21. The van der Waals surface area contributed by atoms with Crippen LogP contribution in [0.5, 0.6) is 0 Å². The number of benzene rings is 1. The molecule has 6 rings (SSSR count). The molecule has 202 valence electrons. The van der Waals surface area contributed by atoms with Crippen molar-refractivity contribution in [3.63, 3.8) is 0 Å². The lowest BCUT2D eigenvalue weighted by Gasteiger charge is -2.62. The zero-order valence-electron chi connectivity index (χ0n) is 23.5. The molecule has 5 fully saturated rings. The third-order valence-corrected chi connectivity index (χ3v) is 12.0. The van der Waals surface area contributed by atoms with E-state index >= 15 is 0 Å². The van der Waals surface area contributed by atoms with E-state index < -0.39 is 0 Å². The van der Waals surface area contributed by atoms with Gasteiger partial charge in [-0.15, -0.1) is 0 Å². The van der Waals surface area contributed by atoms with Gasteiger partial charge in [-0.3, -0.25) is 14.5 Å². The number of morpholine rings is 1. The number of esters is 1. The maximum atomic E-state index is 13.6. The number of hydrogen-bond acceptors (Lipinski definition) is 4. The van der Waals surface area contributed by atoms with Crippen LogP contribution in [0.4, 0.5) is 0 Å². The number of rotatable bonds is 4. The summed E-state index contributed by atoms with van der Waals surface area (Å²) in [4.78, 5) is 28.8. The van der Waals surface area contributed by atoms with Crippen molar-refractivity contribution in [3.8, 4) is 0 Å². The lowest BCUT2D eigenvalue weighted by atomic mass is 9.44. The zero-order valence-corrected chi connectivity index (χ0v) is 23.5. The molecule has 5 aliphatic rings.